The molecule has 35 heavy (non-hydrogen) atoms. The van der Waals surface area contributed by atoms with Gasteiger partial charge < -0.3 is 9.30 Å². The number of hydrogen-bond donors (Lipinski definition) is 1. The molecule has 1 aromatic carbocycles. The number of rotatable bonds is 13. The molecule has 1 N–H and O–H groups in total. The third-order valence-electron chi connectivity index (χ3n) is 5.78. The minimum Gasteiger partial charge on any atom is -0.461 e. The van der Waals surface area contributed by atoms with Crippen molar-refractivity contribution in [2.75, 3.05) is 0 Å². The maximum atomic E-state index is 12.7. The molecule has 3 aromatic rings. The van der Waals surface area contributed by atoms with Gasteiger partial charge in [0.1, 0.15) is 12.4 Å². The number of ether oxygens (including phenoxy) is 1. The molecule has 0 spiro atoms. The fraction of sp³-hybridized carbons (Fsp3) is 0.500. The summed E-state index contributed by atoms with van der Waals surface area (Å²) >= 11 is 0. The highest BCUT2D eigenvalue weighted by molar-refractivity contribution is 5.72. The van der Waals surface area contributed by atoms with Crippen molar-refractivity contribution in [2.45, 2.75) is 78.5 Å². The van der Waals surface area contributed by atoms with Gasteiger partial charge in [0.25, 0.3) is 11.2 Å². The van der Waals surface area contributed by atoms with E-state index in [0.29, 0.717) is 35.6 Å². The van der Waals surface area contributed by atoms with Crippen molar-refractivity contribution >= 4 is 22.8 Å². The lowest BCUT2D eigenvalue weighted by atomic mass is 10.2. The second-order valence-corrected chi connectivity index (χ2v) is 8.41. The van der Waals surface area contributed by atoms with Crippen molar-refractivity contribution in [2.24, 2.45) is 0 Å². The summed E-state index contributed by atoms with van der Waals surface area (Å²) in [5.41, 5.74) is 0.345. The number of nitrogens with zero attached hydrogens (tertiary/aromatic N) is 4. The number of unbranched alkanes of at least 4 members (excludes halogenated alkanes) is 3. The Kier molecular flexibility index (Phi) is 8.93. The third-order valence-corrected chi connectivity index (χ3v) is 5.78. The van der Waals surface area contributed by atoms with Crippen LogP contribution >= 0.6 is 0 Å². The molecule has 11 nitrogen and oxygen atoms in total. The maximum Gasteiger partial charge on any atom is 0.330 e. The molecule has 0 bridgehead atoms. The molecule has 0 aliphatic rings. The molecule has 0 aliphatic heterocycles. The zero-order valence-corrected chi connectivity index (χ0v) is 20.1. The molecule has 188 valence electrons. The number of carbonyl (C=O) groups excluding carboxylic acids is 1. The van der Waals surface area contributed by atoms with Crippen LogP contribution in [-0.4, -0.2) is 30.0 Å². The van der Waals surface area contributed by atoms with Crippen molar-refractivity contribution < 1.29 is 14.5 Å². The summed E-state index contributed by atoms with van der Waals surface area (Å²) in [5.74, 6) is 0.109. The molecular formula is C24H31N5O6. The van der Waals surface area contributed by atoms with Crippen molar-refractivity contribution in [3.63, 3.8) is 0 Å². The number of nitro groups is 1. The highest BCUT2D eigenvalue weighted by Crippen LogP contribution is 2.17. The van der Waals surface area contributed by atoms with E-state index in [1.165, 1.54) is 16.7 Å². The minimum absolute atomic E-state index is 0.0000284. The van der Waals surface area contributed by atoms with Gasteiger partial charge in [-0.05, 0) is 30.5 Å². The Hall–Kier alpha value is -3.76. The number of aromatic nitrogens is 4. The molecule has 0 atom stereocenters. The monoisotopic (exact) mass is 485 g/mol. The molecule has 0 saturated carbocycles. The summed E-state index contributed by atoms with van der Waals surface area (Å²) in [6.45, 7) is 5.12. The van der Waals surface area contributed by atoms with E-state index in [-0.39, 0.29) is 25.1 Å². The number of esters is 1. The molecule has 0 amide bonds. The summed E-state index contributed by atoms with van der Waals surface area (Å²) in [5, 5.41) is 10.8. The molecule has 0 saturated heterocycles. The number of H-pyrrole nitrogens is 1. The molecule has 0 aliphatic carbocycles. The van der Waals surface area contributed by atoms with Crippen LogP contribution in [0.3, 0.4) is 0 Å². The molecule has 0 unspecified atom stereocenters. The first-order valence-corrected chi connectivity index (χ1v) is 12.0. The highest BCUT2D eigenvalue weighted by Gasteiger charge is 2.19. The van der Waals surface area contributed by atoms with Gasteiger partial charge in [-0.25, -0.2) is 9.78 Å². The average molecular weight is 486 g/mol. The first-order chi connectivity index (χ1) is 16.8. The van der Waals surface area contributed by atoms with E-state index in [4.69, 9.17) is 4.74 Å². The van der Waals surface area contributed by atoms with Gasteiger partial charge in [-0.1, -0.05) is 33.1 Å². The van der Waals surface area contributed by atoms with Crippen LogP contribution in [0.4, 0.5) is 5.69 Å². The van der Waals surface area contributed by atoms with Crippen LogP contribution in [0.25, 0.3) is 11.2 Å². The molecule has 0 radical (unpaired) electrons. The van der Waals surface area contributed by atoms with Gasteiger partial charge >= 0.3 is 11.7 Å². The Labute approximate surface area is 201 Å². The summed E-state index contributed by atoms with van der Waals surface area (Å²) < 4.78 is 8.62. The lowest BCUT2D eigenvalue weighted by Crippen LogP contribution is -2.31. The first-order valence-electron chi connectivity index (χ1n) is 12.0. The SMILES string of the molecule is CCCCCn1c(CCC(=O)OCc2ccc([N+](=O)[O-])cc2)nc2c1c(=O)[nH]c(=O)n2CCCC. The van der Waals surface area contributed by atoms with Crippen LogP contribution in [-0.2, 0) is 35.6 Å². The van der Waals surface area contributed by atoms with Crippen LogP contribution in [0.1, 0.15) is 63.8 Å². The van der Waals surface area contributed by atoms with Gasteiger partial charge in [-0.3, -0.25) is 29.3 Å². The zero-order chi connectivity index (χ0) is 25.4. The van der Waals surface area contributed by atoms with Crippen LogP contribution in [0.5, 0.6) is 0 Å². The number of benzene rings is 1. The number of nitro benzene ring substituents is 1. The zero-order valence-electron chi connectivity index (χ0n) is 20.1. The lowest BCUT2D eigenvalue weighted by molar-refractivity contribution is -0.384. The number of imidazole rings is 1. The number of non-ortho nitro benzene ring substituents is 1. The minimum atomic E-state index is -0.491. The first kappa shape index (κ1) is 25.9. The number of fused-ring (bicyclic) bond motifs is 1. The Bertz CT molecular complexity index is 1290. The van der Waals surface area contributed by atoms with Crippen LogP contribution in [0.2, 0.25) is 0 Å². The summed E-state index contributed by atoms with van der Waals surface area (Å²) in [4.78, 5) is 54.8. The van der Waals surface area contributed by atoms with Crippen LogP contribution < -0.4 is 11.2 Å². The Morgan fingerprint density at radius 3 is 2.40 bits per heavy atom. The second-order valence-electron chi connectivity index (χ2n) is 8.41. The van der Waals surface area contributed by atoms with Crippen molar-refractivity contribution in [3.05, 3.63) is 66.6 Å². The molecule has 11 heteroatoms. The van der Waals surface area contributed by atoms with Gasteiger partial charge in [-0.2, -0.15) is 0 Å². The maximum absolute atomic E-state index is 12.7. The van der Waals surface area contributed by atoms with Gasteiger partial charge in [0.2, 0.25) is 0 Å². The van der Waals surface area contributed by atoms with E-state index in [2.05, 4.69) is 16.9 Å². The summed E-state index contributed by atoms with van der Waals surface area (Å²) in [7, 11) is 0. The Balaban J connectivity index is 1.78. The highest BCUT2D eigenvalue weighted by atomic mass is 16.6. The lowest BCUT2D eigenvalue weighted by Gasteiger charge is -2.09. The molecule has 2 aromatic heterocycles. The predicted octanol–water partition coefficient (Wildman–Crippen LogP) is 3.46. The number of aryl methyl sites for hydroxylation is 3. The van der Waals surface area contributed by atoms with E-state index in [9.17, 15) is 24.5 Å². The fourth-order valence-electron chi connectivity index (χ4n) is 3.86. The van der Waals surface area contributed by atoms with Gasteiger partial charge in [0, 0.05) is 31.6 Å². The summed E-state index contributed by atoms with van der Waals surface area (Å²) in [6.07, 6.45) is 4.78. The largest absolute Gasteiger partial charge is 0.461 e. The van der Waals surface area contributed by atoms with E-state index in [1.54, 1.807) is 12.1 Å². The molecular weight excluding hydrogens is 454 g/mol. The topological polar surface area (TPSA) is 142 Å². The summed E-state index contributed by atoms with van der Waals surface area (Å²) in [6, 6.07) is 5.80. The average Bonchev–Trinajstić information content (AvgIpc) is 3.20. The second kappa shape index (κ2) is 12.1. The fourth-order valence-corrected chi connectivity index (χ4v) is 3.86. The predicted molar refractivity (Wildman–Crippen MR) is 130 cm³/mol. The smallest absolute Gasteiger partial charge is 0.330 e. The number of carbonyl (C=O) groups is 1. The standard InChI is InChI=1S/C24H31N5O6/c1-3-5-7-15-27-19(25-22-21(27)23(31)26-24(32)28(22)14-6-4-2)12-13-20(30)35-16-17-8-10-18(11-9-17)29(33)34/h8-11H,3-7,12-16H2,1-2H3,(H,26,31,32). The van der Waals surface area contributed by atoms with Crippen molar-refractivity contribution in [1.29, 1.82) is 0 Å². The number of nitrogens with one attached hydrogen (secondary N) is 1. The van der Waals surface area contributed by atoms with Crippen molar-refractivity contribution in [1.82, 2.24) is 19.1 Å². The van der Waals surface area contributed by atoms with Crippen LogP contribution in [0.15, 0.2) is 33.9 Å². The van der Waals surface area contributed by atoms with Crippen molar-refractivity contribution in [3.8, 4) is 0 Å². The molecule has 3 rings (SSSR count). The molecule has 2 heterocycles. The normalized spacial score (nSPS) is 11.1. The Morgan fingerprint density at radius 2 is 1.74 bits per heavy atom. The van der Waals surface area contributed by atoms with Gasteiger partial charge in [-0.15, -0.1) is 0 Å². The number of aromatic amines is 1. The van der Waals surface area contributed by atoms with Gasteiger partial charge in [0.15, 0.2) is 11.2 Å². The van der Waals surface area contributed by atoms with Gasteiger partial charge in [0.05, 0.1) is 11.3 Å². The Morgan fingerprint density at radius 1 is 1.06 bits per heavy atom. The van der Waals surface area contributed by atoms with E-state index in [0.717, 1.165) is 32.1 Å². The van der Waals surface area contributed by atoms with E-state index in [1.807, 2.05) is 11.5 Å². The van der Waals surface area contributed by atoms with Crippen LogP contribution in [0, 0.1) is 10.1 Å². The quantitative estimate of drug-likeness (QED) is 0.169. The molecule has 0 fully saturated rings. The van der Waals surface area contributed by atoms with E-state index >= 15 is 0 Å². The third kappa shape index (κ3) is 6.43. The number of hydrogen-bond acceptors (Lipinski definition) is 7. The van der Waals surface area contributed by atoms with E-state index < -0.39 is 22.1 Å².